The van der Waals surface area contributed by atoms with Crippen molar-refractivity contribution in [1.29, 1.82) is 0 Å². The van der Waals surface area contributed by atoms with Crippen LogP contribution in [0.5, 0.6) is 0 Å². The quantitative estimate of drug-likeness (QED) is 0.559. The zero-order valence-electron chi connectivity index (χ0n) is 8.27. The number of rotatable bonds is 4. The van der Waals surface area contributed by atoms with E-state index in [-0.39, 0.29) is 27.6 Å². The Bertz CT molecular complexity index is 277. The van der Waals surface area contributed by atoms with Crippen molar-refractivity contribution in [2.45, 2.75) is 23.1 Å². The predicted octanol–water partition coefficient (Wildman–Crippen LogP) is 0.639. The number of ether oxygens (including phenoxy) is 2. The second kappa shape index (κ2) is 5.09. The Morgan fingerprint density at radius 1 is 1.50 bits per heavy atom. The van der Waals surface area contributed by atoms with Gasteiger partial charge in [0.15, 0.2) is 9.84 Å². The van der Waals surface area contributed by atoms with Gasteiger partial charge in [-0.3, -0.25) is 0 Å². The maximum absolute atomic E-state index is 11.3. The Kier molecular flexibility index (Phi) is 4.60. The van der Waals surface area contributed by atoms with Crippen LogP contribution in [0.25, 0.3) is 0 Å². The van der Waals surface area contributed by atoms with Crippen molar-refractivity contribution in [3.63, 3.8) is 0 Å². The molecule has 84 valence electrons. The Morgan fingerprint density at radius 2 is 2.14 bits per heavy atom. The molecule has 1 aliphatic rings. The highest BCUT2D eigenvalue weighted by atomic mass is 127. The van der Waals surface area contributed by atoms with Gasteiger partial charge in [0.2, 0.25) is 0 Å². The first-order valence-corrected chi connectivity index (χ1v) is 7.50. The molecule has 3 unspecified atom stereocenters. The molecule has 4 nitrogen and oxygen atoms in total. The molecule has 1 heterocycles. The summed E-state index contributed by atoms with van der Waals surface area (Å²) in [7, 11) is -1.27. The predicted molar refractivity (Wildman–Crippen MR) is 62.7 cm³/mol. The molecule has 0 aromatic heterocycles. The van der Waals surface area contributed by atoms with Gasteiger partial charge in [0, 0.05) is 7.11 Å². The van der Waals surface area contributed by atoms with Gasteiger partial charge < -0.3 is 9.47 Å². The van der Waals surface area contributed by atoms with Crippen LogP contribution in [0.1, 0.15) is 6.92 Å². The van der Waals surface area contributed by atoms with Crippen LogP contribution < -0.4 is 0 Å². The summed E-state index contributed by atoms with van der Waals surface area (Å²) in [5.41, 5.74) is 0. The lowest BCUT2D eigenvalue weighted by molar-refractivity contribution is -0.0241. The summed E-state index contributed by atoms with van der Waals surface area (Å²) in [6.07, 6.45) is -0.221. The molecule has 0 amide bonds. The molecule has 1 aliphatic heterocycles. The summed E-state index contributed by atoms with van der Waals surface area (Å²) >= 11 is 2.14. The number of sulfone groups is 1. The van der Waals surface area contributed by atoms with Gasteiger partial charge >= 0.3 is 0 Å². The number of hydrogen-bond acceptors (Lipinski definition) is 4. The first-order chi connectivity index (χ1) is 6.44. The van der Waals surface area contributed by atoms with E-state index in [1.54, 1.807) is 7.11 Å². The van der Waals surface area contributed by atoms with E-state index in [0.717, 1.165) is 0 Å². The minimum Gasteiger partial charge on any atom is -0.382 e. The fourth-order valence-electron chi connectivity index (χ4n) is 1.47. The molecular weight excluding hydrogens is 319 g/mol. The standard InChI is InChI=1S/C8H15IO4S/c1-6(3-12-2)13-8-5-14(10,11)4-7(8)9/h6-8H,3-5H2,1-2H3. The van der Waals surface area contributed by atoms with E-state index < -0.39 is 9.84 Å². The van der Waals surface area contributed by atoms with Gasteiger partial charge in [-0.05, 0) is 6.92 Å². The lowest BCUT2D eigenvalue weighted by Crippen LogP contribution is -2.29. The van der Waals surface area contributed by atoms with Crippen molar-refractivity contribution < 1.29 is 17.9 Å². The Morgan fingerprint density at radius 3 is 2.57 bits per heavy atom. The van der Waals surface area contributed by atoms with E-state index >= 15 is 0 Å². The molecule has 0 aromatic rings. The Hall–Kier alpha value is 0.600. The molecule has 3 atom stereocenters. The van der Waals surface area contributed by atoms with E-state index in [4.69, 9.17) is 9.47 Å². The van der Waals surface area contributed by atoms with E-state index in [9.17, 15) is 8.42 Å². The summed E-state index contributed by atoms with van der Waals surface area (Å²) in [6.45, 7) is 2.39. The highest BCUT2D eigenvalue weighted by Crippen LogP contribution is 2.23. The highest BCUT2D eigenvalue weighted by molar-refractivity contribution is 14.1. The van der Waals surface area contributed by atoms with Crippen LogP contribution in [0.2, 0.25) is 0 Å². The normalized spacial score (nSPS) is 33.1. The lowest BCUT2D eigenvalue weighted by Gasteiger charge is -2.19. The van der Waals surface area contributed by atoms with Crippen molar-refractivity contribution in [2.75, 3.05) is 25.2 Å². The second-order valence-electron chi connectivity index (χ2n) is 3.53. The SMILES string of the molecule is COCC(C)OC1CS(=O)(=O)CC1I. The van der Waals surface area contributed by atoms with Crippen LogP contribution in [0.3, 0.4) is 0 Å². The Balaban J connectivity index is 2.46. The summed E-state index contributed by atoms with van der Waals surface area (Å²) in [4.78, 5) is 0. The van der Waals surface area contributed by atoms with Crippen LogP contribution in [0.15, 0.2) is 0 Å². The summed E-state index contributed by atoms with van der Waals surface area (Å²) in [5, 5.41) is 0. The van der Waals surface area contributed by atoms with E-state index in [0.29, 0.717) is 6.61 Å². The van der Waals surface area contributed by atoms with Gasteiger partial charge in [-0.1, -0.05) is 22.6 Å². The molecule has 0 aliphatic carbocycles. The molecule has 6 heteroatoms. The van der Waals surface area contributed by atoms with Crippen molar-refractivity contribution >= 4 is 32.4 Å². The highest BCUT2D eigenvalue weighted by Gasteiger charge is 2.37. The molecule has 0 aromatic carbocycles. The maximum Gasteiger partial charge on any atom is 0.154 e. The number of halogens is 1. The third-order valence-corrected chi connectivity index (χ3v) is 5.59. The van der Waals surface area contributed by atoms with Crippen molar-refractivity contribution in [3.05, 3.63) is 0 Å². The van der Waals surface area contributed by atoms with Gasteiger partial charge in [-0.15, -0.1) is 0 Å². The number of hydrogen-bond donors (Lipinski definition) is 0. The van der Waals surface area contributed by atoms with Crippen LogP contribution >= 0.6 is 22.6 Å². The summed E-state index contributed by atoms with van der Waals surface area (Å²) in [5.74, 6) is 0.382. The fourth-order valence-corrected chi connectivity index (χ4v) is 5.53. The zero-order valence-corrected chi connectivity index (χ0v) is 11.2. The Labute approximate surface area is 98.4 Å². The third-order valence-electron chi connectivity index (χ3n) is 2.04. The third kappa shape index (κ3) is 3.63. The first-order valence-electron chi connectivity index (χ1n) is 4.43. The topological polar surface area (TPSA) is 52.6 Å². The van der Waals surface area contributed by atoms with Crippen molar-refractivity contribution in [1.82, 2.24) is 0 Å². The molecule has 1 fully saturated rings. The molecule has 0 bridgehead atoms. The molecule has 1 rings (SSSR count). The number of alkyl halides is 1. The van der Waals surface area contributed by atoms with E-state index in [1.165, 1.54) is 0 Å². The average Bonchev–Trinajstić information content (AvgIpc) is 2.25. The molecule has 14 heavy (non-hydrogen) atoms. The van der Waals surface area contributed by atoms with Crippen LogP contribution in [-0.2, 0) is 19.3 Å². The molecule has 0 spiro atoms. The van der Waals surface area contributed by atoms with Crippen molar-refractivity contribution in [3.8, 4) is 0 Å². The minimum atomic E-state index is -2.88. The summed E-state index contributed by atoms with van der Waals surface area (Å²) in [6, 6.07) is 0. The van der Waals surface area contributed by atoms with E-state index in [1.807, 2.05) is 6.92 Å². The molecule has 0 radical (unpaired) electrons. The average molecular weight is 334 g/mol. The van der Waals surface area contributed by atoms with Gasteiger partial charge in [-0.2, -0.15) is 0 Å². The molecule has 0 saturated carbocycles. The second-order valence-corrected chi connectivity index (χ2v) is 7.29. The number of methoxy groups -OCH3 is 1. The summed E-state index contributed by atoms with van der Waals surface area (Å²) < 4.78 is 33.1. The van der Waals surface area contributed by atoms with Gasteiger partial charge in [0.25, 0.3) is 0 Å². The van der Waals surface area contributed by atoms with Crippen LogP contribution in [-0.4, -0.2) is 49.8 Å². The maximum atomic E-state index is 11.3. The van der Waals surface area contributed by atoms with E-state index in [2.05, 4.69) is 22.6 Å². The molecular formula is C8H15IO4S. The van der Waals surface area contributed by atoms with Crippen molar-refractivity contribution in [2.24, 2.45) is 0 Å². The fraction of sp³-hybridized carbons (Fsp3) is 1.00. The van der Waals surface area contributed by atoms with Gasteiger partial charge in [-0.25, -0.2) is 8.42 Å². The monoisotopic (exact) mass is 334 g/mol. The smallest absolute Gasteiger partial charge is 0.154 e. The molecule has 1 saturated heterocycles. The van der Waals surface area contributed by atoms with Crippen LogP contribution in [0, 0.1) is 0 Å². The lowest BCUT2D eigenvalue weighted by atomic mass is 10.3. The largest absolute Gasteiger partial charge is 0.382 e. The zero-order chi connectivity index (χ0) is 10.8. The van der Waals surface area contributed by atoms with Crippen LogP contribution in [0.4, 0.5) is 0 Å². The van der Waals surface area contributed by atoms with Gasteiger partial charge in [0.05, 0.1) is 34.2 Å². The van der Waals surface area contributed by atoms with Gasteiger partial charge in [0.1, 0.15) is 0 Å². The molecule has 0 N–H and O–H groups in total. The first kappa shape index (κ1) is 12.7. The minimum absolute atomic E-state index is 0.0458.